The van der Waals surface area contributed by atoms with Crippen LogP contribution in [0.15, 0.2) is 18.2 Å². The molecule has 3 nitrogen and oxygen atoms in total. The normalized spacial score (nSPS) is 23.5. The number of hydrogen-bond acceptors (Lipinski definition) is 2. The molecule has 1 saturated heterocycles. The summed E-state index contributed by atoms with van der Waals surface area (Å²) in [5.41, 5.74) is 0.409. The van der Waals surface area contributed by atoms with E-state index >= 15 is 0 Å². The Balaban J connectivity index is 2.17. The number of piperidine rings is 1. The van der Waals surface area contributed by atoms with E-state index in [-0.39, 0.29) is 11.5 Å². The van der Waals surface area contributed by atoms with Crippen LogP contribution in [0, 0.1) is 3.57 Å². The SMILES string of the molecule is COC1(C)CCCN(C(=O)c2ccc(I)c(Cl)c2)C1. The van der Waals surface area contributed by atoms with Crippen LogP contribution in [0.1, 0.15) is 30.1 Å². The van der Waals surface area contributed by atoms with Gasteiger partial charge in [-0.15, -0.1) is 0 Å². The fraction of sp³-hybridized carbons (Fsp3) is 0.500. The third-order valence-electron chi connectivity index (χ3n) is 3.61. The summed E-state index contributed by atoms with van der Waals surface area (Å²) < 4.78 is 6.47. The molecule has 0 aromatic heterocycles. The van der Waals surface area contributed by atoms with Gasteiger partial charge >= 0.3 is 0 Å². The van der Waals surface area contributed by atoms with Crippen LogP contribution in [0.25, 0.3) is 0 Å². The van der Waals surface area contributed by atoms with Crippen LogP contribution < -0.4 is 0 Å². The van der Waals surface area contributed by atoms with Crippen LogP contribution in [0.4, 0.5) is 0 Å². The molecule has 2 rings (SSSR count). The second-order valence-corrected chi connectivity index (χ2v) is 6.68. The predicted molar refractivity (Wildman–Crippen MR) is 84.7 cm³/mol. The molecule has 0 aliphatic carbocycles. The number of hydrogen-bond donors (Lipinski definition) is 0. The standard InChI is InChI=1S/C14H17ClINO2/c1-14(19-2)6-3-7-17(9-14)13(18)10-4-5-12(16)11(15)8-10/h4-5,8H,3,6-7,9H2,1-2H3. The van der Waals surface area contributed by atoms with Gasteiger partial charge in [-0.1, -0.05) is 11.6 Å². The van der Waals surface area contributed by atoms with Crippen LogP contribution >= 0.6 is 34.2 Å². The van der Waals surface area contributed by atoms with E-state index in [0.29, 0.717) is 17.1 Å². The highest BCUT2D eigenvalue weighted by Crippen LogP contribution is 2.26. The zero-order valence-electron chi connectivity index (χ0n) is 11.1. The van der Waals surface area contributed by atoms with Gasteiger partial charge in [-0.3, -0.25) is 4.79 Å². The van der Waals surface area contributed by atoms with Gasteiger partial charge in [-0.25, -0.2) is 0 Å². The molecule has 1 aliphatic heterocycles. The second-order valence-electron chi connectivity index (χ2n) is 5.11. The van der Waals surface area contributed by atoms with Crippen LogP contribution in [0.5, 0.6) is 0 Å². The van der Waals surface area contributed by atoms with E-state index in [2.05, 4.69) is 22.6 Å². The molecular formula is C14H17ClINO2. The van der Waals surface area contributed by atoms with Gasteiger partial charge in [0.25, 0.3) is 5.91 Å². The molecule has 1 amide bonds. The van der Waals surface area contributed by atoms with Crippen LogP contribution in [0.3, 0.4) is 0 Å². The van der Waals surface area contributed by atoms with E-state index in [1.165, 1.54) is 0 Å². The Hall–Kier alpha value is -0.330. The van der Waals surface area contributed by atoms with Crippen LogP contribution in [0.2, 0.25) is 5.02 Å². The van der Waals surface area contributed by atoms with Gasteiger partial charge in [0.15, 0.2) is 0 Å². The first-order valence-electron chi connectivity index (χ1n) is 6.25. The highest BCUT2D eigenvalue weighted by atomic mass is 127. The first kappa shape index (κ1) is 15.1. The van der Waals surface area contributed by atoms with Crippen molar-refractivity contribution >= 4 is 40.1 Å². The Bertz CT molecular complexity index is 494. The number of carbonyl (C=O) groups excluding carboxylic acids is 1. The molecule has 0 bridgehead atoms. The van der Waals surface area contributed by atoms with E-state index in [9.17, 15) is 4.79 Å². The molecule has 1 aliphatic rings. The smallest absolute Gasteiger partial charge is 0.254 e. The molecular weight excluding hydrogens is 377 g/mol. The van der Waals surface area contributed by atoms with E-state index < -0.39 is 0 Å². The van der Waals surface area contributed by atoms with Gasteiger partial charge in [-0.05, 0) is 60.6 Å². The zero-order valence-corrected chi connectivity index (χ0v) is 14.0. The third kappa shape index (κ3) is 3.41. The maximum absolute atomic E-state index is 12.5. The predicted octanol–water partition coefficient (Wildman–Crippen LogP) is 3.59. The van der Waals surface area contributed by atoms with E-state index in [0.717, 1.165) is 23.0 Å². The topological polar surface area (TPSA) is 29.5 Å². The average molecular weight is 394 g/mol. The Kier molecular flexibility index (Phi) is 4.74. The zero-order chi connectivity index (χ0) is 14.0. The number of likely N-dealkylation sites (tertiary alicyclic amines) is 1. The first-order valence-corrected chi connectivity index (χ1v) is 7.70. The van der Waals surface area contributed by atoms with Crippen molar-refractivity contribution < 1.29 is 9.53 Å². The lowest BCUT2D eigenvalue weighted by Crippen LogP contribution is -2.49. The minimum Gasteiger partial charge on any atom is -0.377 e. The van der Waals surface area contributed by atoms with Crippen LogP contribution in [-0.4, -0.2) is 36.6 Å². The molecule has 1 aromatic rings. The Morgan fingerprint density at radius 2 is 2.26 bits per heavy atom. The summed E-state index contributed by atoms with van der Waals surface area (Å²) >= 11 is 8.23. The summed E-state index contributed by atoms with van der Waals surface area (Å²) in [7, 11) is 1.70. The van der Waals surface area contributed by atoms with E-state index in [4.69, 9.17) is 16.3 Å². The summed E-state index contributed by atoms with van der Waals surface area (Å²) in [6.45, 7) is 3.46. The quantitative estimate of drug-likeness (QED) is 0.719. The summed E-state index contributed by atoms with van der Waals surface area (Å²) in [6, 6.07) is 5.44. The summed E-state index contributed by atoms with van der Waals surface area (Å²) in [6.07, 6.45) is 1.95. The second kappa shape index (κ2) is 5.97. The number of rotatable bonds is 2. The monoisotopic (exact) mass is 393 g/mol. The van der Waals surface area contributed by atoms with E-state index in [1.807, 2.05) is 24.0 Å². The maximum Gasteiger partial charge on any atom is 0.254 e. The highest BCUT2D eigenvalue weighted by molar-refractivity contribution is 14.1. The van der Waals surface area contributed by atoms with Crippen molar-refractivity contribution in [3.63, 3.8) is 0 Å². The third-order valence-corrected chi connectivity index (χ3v) is 5.18. The van der Waals surface area contributed by atoms with Crippen molar-refractivity contribution in [2.24, 2.45) is 0 Å². The van der Waals surface area contributed by atoms with Crippen molar-refractivity contribution in [1.82, 2.24) is 4.90 Å². The molecule has 0 spiro atoms. The lowest BCUT2D eigenvalue weighted by Gasteiger charge is -2.39. The van der Waals surface area contributed by atoms with Gasteiger partial charge < -0.3 is 9.64 Å². The van der Waals surface area contributed by atoms with Crippen molar-refractivity contribution in [3.8, 4) is 0 Å². The fourth-order valence-corrected chi connectivity index (χ4v) is 2.87. The van der Waals surface area contributed by atoms with Crippen molar-refractivity contribution in [1.29, 1.82) is 0 Å². The lowest BCUT2D eigenvalue weighted by molar-refractivity contribution is -0.0440. The molecule has 1 aromatic carbocycles. The van der Waals surface area contributed by atoms with Gasteiger partial charge in [-0.2, -0.15) is 0 Å². The molecule has 19 heavy (non-hydrogen) atoms. The van der Waals surface area contributed by atoms with Gasteiger partial charge in [0.1, 0.15) is 0 Å². The van der Waals surface area contributed by atoms with Crippen molar-refractivity contribution in [2.45, 2.75) is 25.4 Å². The molecule has 1 heterocycles. The largest absolute Gasteiger partial charge is 0.377 e. The number of amides is 1. The molecule has 1 atom stereocenters. The van der Waals surface area contributed by atoms with Crippen LogP contribution in [-0.2, 0) is 4.74 Å². The van der Waals surface area contributed by atoms with Gasteiger partial charge in [0.05, 0.1) is 10.6 Å². The molecule has 1 fully saturated rings. The molecule has 0 radical (unpaired) electrons. The average Bonchev–Trinajstić information content (AvgIpc) is 2.41. The lowest BCUT2D eigenvalue weighted by atomic mass is 9.94. The summed E-state index contributed by atoms with van der Waals surface area (Å²) in [4.78, 5) is 14.3. The number of carbonyl (C=O) groups is 1. The molecule has 1 unspecified atom stereocenters. The molecule has 0 saturated carbocycles. The number of nitrogens with zero attached hydrogens (tertiary/aromatic N) is 1. The molecule has 0 N–H and O–H groups in total. The Morgan fingerprint density at radius 1 is 1.53 bits per heavy atom. The van der Waals surface area contributed by atoms with Gasteiger partial charge in [0.2, 0.25) is 0 Å². The summed E-state index contributed by atoms with van der Waals surface area (Å²) in [5.74, 6) is 0.0290. The molecule has 5 heteroatoms. The Labute approximate surface area is 132 Å². The number of halogens is 2. The summed E-state index contributed by atoms with van der Waals surface area (Å²) in [5, 5.41) is 0.623. The molecule has 104 valence electrons. The van der Waals surface area contributed by atoms with Crippen molar-refractivity contribution in [2.75, 3.05) is 20.2 Å². The van der Waals surface area contributed by atoms with E-state index in [1.54, 1.807) is 13.2 Å². The van der Waals surface area contributed by atoms with Gasteiger partial charge in [0, 0.05) is 29.3 Å². The fourth-order valence-electron chi connectivity index (χ4n) is 2.36. The number of methoxy groups -OCH3 is 1. The highest BCUT2D eigenvalue weighted by Gasteiger charge is 2.33. The minimum absolute atomic E-state index is 0.0290. The Morgan fingerprint density at radius 3 is 2.89 bits per heavy atom. The van der Waals surface area contributed by atoms with Crippen molar-refractivity contribution in [3.05, 3.63) is 32.4 Å². The first-order chi connectivity index (χ1) is 8.95. The maximum atomic E-state index is 12.5. The number of ether oxygens (including phenoxy) is 1. The number of benzene rings is 1. The minimum atomic E-state index is -0.235.